The SMILES string of the molecule is CCCNCC(CCCS(=O)(=O)CC)c1cccc(Cl)c1. The Hall–Kier alpha value is -0.580. The second-order valence-electron chi connectivity index (χ2n) is 5.33. The minimum atomic E-state index is -2.88. The fourth-order valence-electron chi connectivity index (χ4n) is 2.29. The Kier molecular flexibility index (Phi) is 8.30. The Morgan fingerprint density at radius 3 is 2.67 bits per heavy atom. The molecule has 0 heterocycles. The molecule has 0 aliphatic carbocycles. The molecule has 0 bridgehead atoms. The van der Waals surface area contributed by atoms with Gasteiger partial charge in [-0.3, -0.25) is 0 Å². The summed E-state index contributed by atoms with van der Waals surface area (Å²) in [5.74, 6) is 0.805. The molecule has 0 aliphatic rings. The third kappa shape index (κ3) is 7.30. The summed E-state index contributed by atoms with van der Waals surface area (Å²) < 4.78 is 23.2. The van der Waals surface area contributed by atoms with Crippen LogP contribution in [0.1, 0.15) is 44.6 Å². The van der Waals surface area contributed by atoms with Crippen molar-refractivity contribution in [1.29, 1.82) is 0 Å². The van der Waals surface area contributed by atoms with Gasteiger partial charge in [-0.05, 0) is 49.4 Å². The molecule has 5 heteroatoms. The molecule has 120 valence electrons. The van der Waals surface area contributed by atoms with E-state index in [1.165, 1.54) is 5.56 Å². The average molecular weight is 332 g/mol. The molecule has 0 fully saturated rings. The maximum atomic E-state index is 11.6. The van der Waals surface area contributed by atoms with Gasteiger partial charge in [0.25, 0.3) is 0 Å². The number of benzene rings is 1. The summed E-state index contributed by atoms with van der Waals surface area (Å²) in [6.07, 6.45) is 2.64. The van der Waals surface area contributed by atoms with E-state index in [-0.39, 0.29) is 11.5 Å². The number of nitrogens with one attached hydrogen (secondary N) is 1. The van der Waals surface area contributed by atoms with E-state index < -0.39 is 9.84 Å². The van der Waals surface area contributed by atoms with Gasteiger partial charge in [-0.2, -0.15) is 0 Å². The zero-order valence-electron chi connectivity index (χ0n) is 12.9. The molecule has 0 radical (unpaired) electrons. The van der Waals surface area contributed by atoms with Gasteiger partial charge in [0, 0.05) is 17.3 Å². The Morgan fingerprint density at radius 1 is 1.29 bits per heavy atom. The molecule has 1 unspecified atom stereocenters. The predicted molar refractivity (Wildman–Crippen MR) is 90.9 cm³/mol. The van der Waals surface area contributed by atoms with E-state index >= 15 is 0 Å². The summed E-state index contributed by atoms with van der Waals surface area (Å²) in [5, 5.41) is 4.15. The molecule has 1 atom stereocenters. The smallest absolute Gasteiger partial charge is 0.150 e. The lowest BCUT2D eigenvalue weighted by Gasteiger charge is -2.18. The molecule has 3 nitrogen and oxygen atoms in total. The zero-order chi connectivity index (χ0) is 15.7. The number of halogens is 1. The van der Waals surface area contributed by atoms with Crippen molar-refractivity contribution in [3.8, 4) is 0 Å². The van der Waals surface area contributed by atoms with Gasteiger partial charge in [-0.1, -0.05) is 37.6 Å². The fraction of sp³-hybridized carbons (Fsp3) is 0.625. The maximum absolute atomic E-state index is 11.6. The van der Waals surface area contributed by atoms with Crippen molar-refractivity contribution < 1.29 is 8.42 Å². The Morgan fingerprint density at radius 2 is 2.05 bits per heavy atom. The highest BCUT2D eigenvalue weighted by Gasteiger charge is 2.14. The van der Waals surface area contributed by atoms with Gasteiger partial charge in [0.15, 0.2) is 0 Å². The van der Waals surface area contributed by atoms with E-state index in [0.29, 0.717) is 12.3 Å². The van der Waals surface area contributed by atoms with Crippen LogP contribution < -0.4 is 5.32 Å². The number of rotatable bonds is 10. The first-order valence-corrected chi connectivity index (χ1v) is 9.85. The number of hydrogen-bond acceptors (Lipinski definition) is 3. The number of hydrogen-bond donors (Lipinski definition) is 1. The second-order valence-corrected chi connectivity index (χ2v) is 8.24. The molecular weight excluding hydrogens is 306 g/mol. The van der Waals surface area contributed by atoms with Crippen LogP contribution >= 0.6 is 11.6 Å². The first-order valence-electron chi connectivity index (χ1n) is 7.65. The van der Waals surface area contributed by atoms with E-state index in [1.54, 1.807) is 6.92 Å². The summed E-state index contributed by atoms with van der Waals surface area (Å²) in [6.45, 7) is 5.67. The first-order chi connectivity index (χ1) is 9.98. The van der Waals surface area contributed by atoms with Crippen LogP contribution in [0.5, 0.6) is 0 Å². The van der Waals surface area contributed by atoms with Crippen LogP contribution in [0.25, 0.3) is 0 Å². The molecule has 0 aliphatic heterocycles. The quantitative estimate of drug-likeness (QED) is 0.666. The lowest BCUT2D eigenvalue weighted by atomic mass is 9.94. The summed E-state index contributed by atoms with van der Waals surface area (Å²) in [7, 11) is -2.88. The minimum absolute atomic E-state index is 0.225. The molecule has 21 heavy (non-hydrogen) atoms. The normalized spacial score (nSPS) is 13.3. The van der Waals surface area contributed by atoms with Crippen molar-refractivity contribution in [3.05, 3.63) is 34.9 Å². The van der Waals surface area contributed by atoms with Gasteiger partial charge in [0.2, 0.25) is 0 Å². The summed E-state index contributed by atoms with van der Waals surface area (Å²) in [4.78, 5) is 0. The van der Waals surface area contributed by atoms with Crippen LogP contribution in [0, 0.1) is 0 Å². The molecule has 1 aromatic carbocycles. The summed E-state index contributed by atoms with van der Waals surface area (Å²) >= 11 is 6.06. The fourth-order valence-corrected chi connectivity index (χ4v) is 3.39. The third-order valence-corrected chi connectivity index (χ3v) is 5.61. The monoisotopic (exact) mass is 331 g/mol. The molecule has 0 amide bonds. The van der Waals surface area contributed by atoms with Gasteiger partial charge < -0.3 is 5.32 Å². The van der Waals surface area contributed by atoms with Crippen LogP contribution in [0.3, 0.4) is 0 Å². The van der Waals surface area contributed by atoms with Crippen LogP contribution in [0.2, 0.25) is 5.02 Å². The molecule has 0 saturated heterocycles. The summed E-state index contributed by atoms with van der Waals surface area (Å²) in [6, 6.07) is 7.86. The molecule has 0 saturated carbocycles. The van der Waals surface area contributed by atoms with E-state index in [2.05, 4.69) is 18.3 Å². The topological polar surface area (TPSA) is 46.2 Å². The van der Waals surface area contributed by atoms with Gasteiger partial charge in [0.05, 0.1) is 5.75 Å². The lowest BCUT2D eigenvalue weighted by molar-refractivity contribution is 0.538. The second kappa shape index (κ2) is 9.44. The van der Waals surface area contributed by atoms with Crippen molar-refractivity contribution in [2.24, 2.45) is 0 Å². The summed E-state index contributed by atoms with van der Waals surface area (Å²) in [5.41, 5.74) is 1.18. The molecule has 0 spiro atoms. The molecule has 0 aromatic heterocycles. The standard InChI is InChI=1S/C16H26ClNO2S/c1-3-10-18-13-15(8-6-11-21(19,20)4-2)14-7-5-9-16(17)12-14/h5,7,9,12,15,18H,3-4,6,8,10-11,13H2,1-2H3. The highest BCUT2D eigenvalue weighted by atomic mass is 35.5. The number of sulfone groups is 1. The third-order valence-electron chi connectivity index (χ3n) is 3.59. The van der Waals surface area contributed by atoms with Crippen LogP contribution in [-0.2, 0) is 9.84 Å². The lowest BCUT2D eigenvalue weighted by Crippen LogP contribution is -2.23. The Bertz CT molecular complexity index is 517. The van der Waals surface area contributed by atoms with E-state index in [4.69, 9.17) is 11.6 Å². The maximum Gasteiger partial charge on any atom is 0.150 e. The first kappa shape index (κ1) is 18.5. The zero-order valence-corrected chi connectivity index (χ0v) is 14.5. The van der Waals surface area contributed by atoms with E-state index in [0.717, 1.165) is 31.0 Å². The van der Waals surface area contributed by atoms with E-state index in [9.17, 15) is 8.42 Å². The van der Waals surface area contributed by atoms with Crippen LogP contribution in [0.15, 0.2) is 24.3 Å². The van der Waals surface area contributed by atoms with Crippen molar-refractivity contribution >= 4 is 21.4 Å². The van der Waals surface area contributed by atoms with Gasteiger partial charge >= 0.3 is 0 Å². The molecule has 1 rings (SSSR count). The van der Waals surface area contributed by atoms with Gasteiger partial charge in [-0.15, -0.1) is 0 Å². The van der Waals surface area contributed by atoms with Crippen molar-refractivity contribution in [1.82, 2.24) is 5.32 Å². The predicted octanol–water partition coefficient (Wildman–Crippen LogP) is 3.64. The molecule has 1 N–H and O–H groups in total. The molecule has 1 aromatic rings. The Labute approximate surface area is 134 Å². The van der Waals surface area contributed by atoms with Crippen molar-refractivity contribution in [2.75, 3.05) is 24.6 Å². The largest absolute Gasteiger partial charge is 0.316 e. The van der Waals surface area contributed by atoms with Crippen LogP contribution in [-0.4, -0.2) is 33.0 Å². The average Bonchev–Trinajstić information content (AvgIpc) is 2.46. The minimum Gasteiger partial charge on any atom is -0.316 e. The highest BCUT2D eigenvalue weighted by Crippen LogP contribution is 2.24. The van der Waals surface area contributed by atoms with Gasteiger partial charge in [-0.25, -0.2) is 8.42 Å². The Balaban J connectivity index is 2.64. The van der Waals surface area contributed by atoms with Gasteiger partial charge in [0.1, 0.15) is 9.84 Å². The highest BCUT2D eigenvalue weighted by molar-refractivity contribution is 7.91. The van der Waals surface area contributed by atoms with E-state index in [1.807, 2.05) is 18.2 Å². The molecular formula is C16H26ClNO2S. The van der Waals surface area contributed by atoms with Crippen LogP contribution in [0.4, 0.5) is 0 Å². The van der Waals surface area contributed by atoms with Crippen molar-refractivity contribution in [3.63, 3.8) is 0 Å². The van der Waals surface area contributed by atoms with Crippen molar-refractivity contribution in [2.45, 2.75) is 39.0 Å².